The summed E-state index contributed by atoms with van der Waals surface area (Å²) in [6.07, 6.45) is 0. The van der Waals surface area contributed by atoms with Crippen molar-refractivity contribution in [2.75, 3.05) is 0 Å². The summed E-state index contributed by atoms with van der Waals surface area (Å²) in [6, 6.07) is 67.0. The molecular weight excluding hydrogens is 629 g/mol. The van der Waals surface area contributed by atoms with Crippen molar-refractivity contribution in [1.29, 1.82) is 0 Å². The lowest BCUT2D eigenvalue weighted by Crippen LogP contribution is -2.25. The number of furan rings is 1. The van der Waals surface area contributed by atoms with E-state index in [1.165, 1.54) is 72.3 Å². The Balaban J connectivity index is 0.963. The lowest BCUT2D eigenvalue weighted by molar-refractivity contribution is 0.670. The molecule has 2 aliphatic rings. The molecule has 1 atom stereocenters. The van der Waals surface area contributed by atoms with Gasteiger partial charge in [-0.15, -0.1) is 0 Å². The number of benzene rings is 8. The van der Waals surface area contributed by atoms with Gasteiger partial charge in [-0.05, 0) is 78.4 Å². The van der Waals surface area contributed by atoms with Crippen LogP contribution in [0, 0.1) is 0 Å². The van der Waals surface area contributed by atoms with Gasteiger partial charge in [-0.3, -0.25) is 0 Å². The van der Waals surface area contributed by atoms with Gasteiger partial charge in [0.05, 0.1) is 5.41 Å². The zero-order valence-electron chi connectivity index (χ0n) is 28.8. The third kappa shape index (κ3) is 3.94. The summed E-state index contributed by atoms with van der Waals surface area (Å²) >= 11 is 0. The van der Waals surface area contributed by atoms with Gasteiger partial charge in [0.2, 0.25) is 0 Å². The van der Waals surface area contributed by atoms with Gasteiger partial charge in [0, 0.05) is 22.3 Å². The normalized spacial score (nSPS) is 13.9. The molecule has 2 aliphatic carbocycles. The Bertz CT molecular complexity index is 2810. The minimum atomic E-state index is -0.328. The van der Waals surface area contributed by atoms with Gasteiger partial charge in [-0.25, -0.2) is 0 Å². The van der Waals surface area contributed by atoms with Crippen molar-refractivity contribution in [3.8, 4) is 44.5 Å². The van der Waals surface area contributed by atoms with E-state index in [0.717, 1.165) is 27.5 Å². The van der Waals surface area contributed by atoms with E-state index in [2.05, 4.69) is 177 Å². The van der Waals surface area contributed by atoms with Crippen LogP contribution < -0.4 is 0 Å². The molecule has 0 amide bonds. The first kappa shape index (κ1) is 29.3. The fourth-order valence-corrected chi connectivity index (χ4v) is 9.45. The molecular formula is C51H34O. The average molecular weight is 663 g/mol. The smallest absolute Gasteiger partial charge is 0.143 e. The standard InChI is InChI=1S/C51H34O/c1-32(34-26-30-36(31-27-34)38-17-10-18-42-41-14-5-9-23-48(41)52-50(38)42)33-24-28-35(29-25-33)37-16-11-22-47-49(37)43-15-4-8-21-46(43)51(47)44-19-6-2-12-39(44)40-13-3-7-20-45(40)51/h2-32H,1H3. The van der Waals surface area contributed by atoms with Crippen molar-refractivity contribution in [3.05, 3.63) is 215 Å². The van der Waals surface area contributed by atoms with Crippen molar-refractivity contribution < 1.29 is 4.42 Å². The molecule has 244 valence electrons. The maximum Gasteiger partial charge on any atom is 0.143 e. The van der Waals surface area contributed by atoms with Crippen LogP contribution in [-0.2, 0) is 5.41 Å². The SMILES string of the molecule is CC(c1ccc(-c2cccc3c2-c2ccccc2C32c3ccccc3-c3ccccc32)cc1)c1ccc(-c2cccc3c2oc2ccccc23)cc1. The highest BCUT2D eigenvalue weighted by Gasteiger charge is 2.51. The monoisotopic (exact) mass is 662 g/mol. The van der Waals surface area contributed by atoms with Crippen LogP contribution in [-0.4, -0.2) is 0 Å². The Morgan fingerprint density at radius 1 is 0.385 bits per heavy atom. The molecule has 1 heteroatoms. The highest BCUT2D eigenvalue weighted by atomic mass is 16.3. The predicted octanol–water partition coefficient (Wildman–Crippen LogP) is 13.4. The minimum absolute atomic E-state index is 0.252. The third-order valence-corrected chi connectivity index (χ3v) is 11.9. The molecule has 0 fully saturated rings. The van der Waals surface area contributed by atoms with Gasteiger partial charge in [0.15, 0.2) is 0 Å². The number of hydrogen-bond donors (Lipinski definition) is 0. The van der Waals surface area contributed by atoms with Gasteiger partial charge in [-0.2, -0.15) is 0 Å². The maximum atomic E-state index is 6.34. The molecule has 1 nitrogen and oxygen atoms in total. The van der Waals surface area contributed by atoms with Crippen molar-refractivity contribution in [3.63, 3.8) is 0 Å². The number of para-hydroxylation sites is 2. The molecule has 0 bridgehead atoms. The second-order valence-electron chi connectivity index (χ2n) is 14.4. The molecule has 1 unspecified atom stereocenters. The van der Waals surface area contributed by atoms with Crippen LogP contribution in [0.1, 0.15) is 46.2 Å². The van der Waals surface area contributed by atoms with E-state index in [4.69, 9.17) is 4.42 Å². The van der Waals surface area contributed by atoms with Gasteiger partial charge >= 0.3 is 0 Å². The Labute approximate surface area is 303 Å². The summed E-state index contributed by atoms with van der Waals surface area (Å²) in [7, 11) is 0. The van der Waals surface area contributed by atoms with E-state index in [-0.39, 0.29) is 11.3 Å². The van der Waals surface area contributed by atoms with Crippen LogP contribution in [0.25, 0.3) is 66.4 Å². The van der Waals surface area contributed by atoms with Crippen LogP contribution >= 0.6 is 0 Å². The Kier molecular flexibility index (Phi) is 6.22. The molecule has 9 aromatic rings. The zero-order chi connectivity index (χ0) is 34.4. The Morgan fingerprint density at radius 2 is 0.846 bits per heavy atom. The third-order valence-electron chi connectivity index (χ3n) is 11.9. The molecule has 0 N–H and O–H groups in total. The van der Waals surface area contributed by atoms with E-state index >= 15 is 0 Å². The van der Waals surface area contributed by atoms with E-state index in [9.17, 15) is 0 Å². The largest absolute Gasteiger partial charge is 0.455 e. The summed E-state index contributed by atoms with van der Waals surface area (Å²) in [5.74, 6) is 0.252. The lowest BCUT2D eigenvalue weighted by Gasteiger charge is -2.30. The predicted molar refractivity (Wildman–Crippen MR) is 215 cm³/mol. The first-order valence-corrected chi connectivity index (χ1v) is 18.3. The zero-order valence-corrected chi connectivity index (χ0v) is 28.8. The molecule has 11 rings (SSSR count). The highest BCUT2D eigenvalue weighted by molar-refractivity contribution is 6.09. The fraction of sp³-hybridized carbons (Fsp3) is 0.0588. The van der Waals surface area contributed by atoms with Crippen molar-refractivity contribution in [1.82, 2.24) is 0 Å². The summed E-state index contributed by atoms with van der Waals surface area (Å²) in [4.78, 5) is 0. The second-order valence-corrected chi connectivity index (χ2v) is 14.4. The fourth-order valence-electron chi connectivity index (χ4n) is 9.45. The Morgan fingerprint density at radius 3 is 1.52 bits per heavy atom. The van der Waals surface area contributed by atoms with Crippen LogP contribution in [0.15, 0.2) is 186 Å². The minimum Gasteiger partial charge on any atom is -0.455 e. The average Bonchev–Trinajstić information content (AvgIpc) is 3.85. The maximum absolute atomic E-state index is 6.34. The molecule has 0 radical (unpaired) electrons. The molecule has 0 aliphatic heterocycles. The van der Waals surface area contributed by atoms with Gasteiger partial charge in [0.25, 0.3) is 0 Å². The van der Waals surface area contributed by atoms with Crippen molar-refractivity contribution in [2.45, 2.75) is 18.3 Å². The summed E-state index contributed by atoms with van der Waals surface area (Å²) in [5.41, 5.74) is 19.8. The highest BCUT2D eigenvalue weighted by Crippen LogP contribution is 2.63. The number of hydrogen-bond acceptors (Lipinski definition) is 1. The summed E-state index contributed by atoms with van der Waals surface area (Å²) in [5, 5.41) is 2.32. The topological polar surface area (TPSA) is 13.1 Å². The van der Waals surface area contributed by atoms with Crippen LogP contribution in [0.4, 0.5) is 0 Å². The van der Waals surface area contributed by atoms with E-state index < -0.39 is 0 Å². The first-order chi connectivity index (χ1) is 25.7. The quantitative estimate of drug-likeness (QED) is 0.183. The van der Waals surface area contributed by atoms with E-state index in [1.54, 1.807) is 0 Å². The Hall–Kier alpha value is -6.44. The van der Waals surface area contributed by atoms with Crippen LogP contribution in [0.3, 0.4) is 0 Å². The lowest BCUT2D eigenvalue weighted by atomic mass is 9.70. The van der Waals surface area contributed by atoms with Crippen molar-refractivity contribution in [2.24, 2.45) is 0 Å². The number of rotatable bonds is 4. The summed E-state index contributed by atoms with van der Waals surface area (Å²) < 4.78 is 6.34. The molecule has 1 heterocycles. The van der Waals surface area contributed by atoms with Gasteiger partial charge in [0.1, 0.15) is 11.2 Å². The van der Waals surface area contributed by atoms with Crippen LogP contribution in [0.5, 0.6) is 0 Å². The van der Waals surface area contributed by atoms with Gasteiger partial charge in [-0.1, -0.05) is 183 Å². The van der Waals surface area contributed by atoms with Crippen LogP contribution in [0.2, 0.25) is 0 Å². The van der Waals surface area contributed by atoms with E-state index in [1.807, 2.05) is 12.1 Å². The molecule has 8 aromatic carbocycles. The number of fused-ring (bicyclic) bond motifs is 13. The van der Waals surface area contributed by atoms with E-state index in [0.29, 0.717) is 0 Å². The molecule has 1 spiro atoms. The van der Waals surface area contributed by atoms with Crippen molar-refractivity contribution >= 4 is 21.9 Å². The van der Waals surface area contributed by atoms with Gasteiger partial charge < -0.3 is 4.42 Å². The molecule has 52 heavy (non-hydrogen) atoms. The summed E-state index contributed by atoms with van der Waals surface area (Å²) in [6.45, 7) is 2.30. The second kappa shape index (κ2) is 11.0. The first-order valence-electron chi connectivity index (χ1n) is 18.3. The molecule has 0 saturated heterocycles. The molecule has 0 saturated carbocycles. The molecule has 1 aromatic heterocycles.